The molecule has 14 heavy (non-hydrogen) atoms. The number of rotatable bonds is 7. The van der Waals surface area contributed by atoms with Crippen LogP contribution in [0.2, 0.25) is 0 Å². The molecule has 3 N–H and O–H groups in total. The van der Waals surface area contributed by atoms with E-state index in [0.717, 1.165) is 6.42 Å². The monoisotopic (exact) mass is 203 g/mol. The predicted octanol–water partition coefficient (Wildman–Crippen LogP) is 1.14. The molecule has 2 unspecified atom stereocenters. The Bertz CT molecular complexity index is 121. The van der Waals surface area contributed by atoms with Gasteiger partial charge in [-0.1, -0.05) is 27.7 Å². The minimum absolute atomic E-state index is 0.349. The smallest absolute Gasteiger partial charge is 0.0923 e. The van der Waals surface area contributed by atoms with Crippen molar-refractivity contribution in [3.63, 3.8) is 0 Å². The standard InChI is InChI=1S/C11H25NO2/c1-8(2)5-6-10(13)11(14)7-12-9(3)4/h8-14H,5-7H2,1-4H3. The summed E-state index contributed by atoms with van der Waals surface area (Å²) < 4.78 is 0. The van der Waals surface area contributed by atoms with Crippen LogP contribution < -0.4 is 5.32 Å². The molecule has 0 bridgehead atoms. The molecule has 0 aliphatic rings. The first kappa shape index (κ1) is 13.9. The summed E-state index contributed by atoms with van der Waals surface area (Å²) >= 11 is 0. The van der Waals surface area contributed by atoms with Crippen LogP contribution in [0.15, 0.2) is 0 Å². The second kappa shape index (κ2) is 7.21. The topological polar surface area (TPSA) is 52.5 Å². The van der Waals surface area contributed by atoms with Crippen LogP contribution in [0.3, 0.4) is 0 Å². The van der Waals surface area contributed by atoms with Crippen LogP contribution in [0.5, 0.6) is 0 Å². The summed E-state index contributed by atoms with van der Waals surface area (Å²) in [6.45, 7) is 8.74. The fraction of sp³-hybridized carbons (Fsp3) is 1.00. The molecule has 0 rings (SSSR count). The van der Waals surface area contributed by atoms with Crippen LogP contribution in [-0.2, 0) is 0 Å². The largest absolute Gasteiger partial charge is 0.390 e. The lowest BCUT2D eigenvalue weighted by molar-refractivity contribution is 0.0116. The molecule has 0 amide bonds. The zero-order chi connectivity index (χ0) is 11.1. The van der Waals surface area contributed by atoms with Crippen LogP contribution in [-0.4, -0.2) is 35.0 Å². The Labute approximate surface area is 87.5 Å². The second-order valence-electron chi connectivity index (χ2n) is 4.67. The maximum absolute atomic E-state index is 9.59. The van der Waals surface area contributed by atoms with Crippen molar-refractivity contribution in [2.45, 2.75) is 58.8 Å². The third-order valence-corrected chi connectivity index (χ3v) is 2.22. The molecule has 0 fully saturated rings. The summed E-state index contributed by atoms with van der Waals surface area (Å²) in [6, 6.07) is 0.349. The van der Waals surface area contributed by atoms with Gasteiger partial charge in [-0.15, -0.1) is 0 Å². The molecule has 0 aromatic carbocycles. The van der Waals surface area contributed by atoms with Crippen molar-refractivity contribution in [2.75, 3.05) is 6.54 Å². The van der Waals surface area contributed by atoms with Gasteiger partial charge in [-0.05, 0) is 18.8 Å². The van der Waals surface area contributed by atoms with Crippen molar-refractivity contribution in [3.05, 3.63) is 0 Å². The molecular formula is C11H25NO2. The summed E-state index contributed by atoms with van der Waals surface area (Å²) in [6.07, 6.45) is 0.401. The van der Waals surface area contributed by atoms with Gasteiger partial charge in [-0.25, -0.2) is 0 Å². The normalized spacial score (nSPS) is 16.3. The van der Waals surface area contributed by atoms with Gasteiger partial charge in [0.2, 0.25) is 0 Å². The molecule has 2 atom stereocenters. The Hall–Kier alpha value is -0.120. The maximum atomic E-state index is 9.59. The molecule has 0 heterocycles. The molecule has 0 aromatic rings. The van der Waals surface area contributed by atoms with E-state index >= 15 is 0 Å². The number of nitrogens with one attached hydrogen (secondary N) is 1. The van der Waals surface area contributed by atoms with Crippen molar-refractivity contribution in [1.29, 1.82) is 0 Å². The van der Waals surface area contributed by atoms with E-state index in [9.17, 15) is 10.2 Å². The summed E-state index contributed by atoms with van der Waals surface area (Å²) in [7, 11) is 0. The van der Waals surface area contributed by atoms with Gasteiger partial charge in [0.25, 0.3) is 0 Å². The van der Waals surface area contributed by atoms with Gasteiger partial charge in [-0.3, -0.25) is 0 Å². The van der Waals surface area contributed by atoms with Crippen LogP contribution in [0, 0.1) is 5.92 Å². The van der Waals surface area contributed by atoms with Gasteiger partial charge < -0.3 is 15.5 Å². The molecule has 3 heteroatoms. The van der Waals surface area contributed by atoms with E-state index < -0.39 is 12.2 Å². The number of hydrogen-bond acceptors (Lipinski definition) is 3. The highest BCUT2D eigenvalue weighted by atomic mass is 16.3. The van der Waals surface area contributed by atoms with Gasteiger partial charge in [0, 0.05) is 12.6 Å². The summed E-state index contributed by atoms with van der Waals surface area (Å²) in [5.41, 5.74) is 0. The van der Waals surface area contributed by atoms with Gasteiger partial charge >= 0.3 is 0 Å². The molecule has 0 aliphatic carbocycles. The number of aliphatic hydroxyl groups is 2. The first-order valence-corrected chi connectivity index (χ1v) is 5.53. The Morgan fingerprint density at radius 3 is 1.93 bits per heavy atom. The average Bonchev–Trinajstić information content (AvgIpc) is 2.09. The zero-order valence-electron chi connectivity index (χ0n) is 9.83. The molecule has 0 aliphatic heterocycles. The van der Waals surface area contributed by atoms with E-state index in [1.54, 1.807) is 0 Å². The van der Waals surface area contributed by atoms with Crippen LogP contribution in [0.25, 0.3) is 0 Å². The molecular weight excluding hydrogens is 178 g/mol. The Kier molecular flexibility index (Phi) is 7.15. The highest BCUT2D eigenvalue weighted by molar-refractivity contribution is 4.71. The molecule has 0 saturated heterocycles. The lowest BCUT2D eigenvalue weighted by atomic mass is 10.0. The van der Waals surface area contributed by atoms with Crippen molar-refractivity contribution in [3.8, 4) is 0 Å². The highest BCUT2D eigenvalue weighted by Crippen LogP contribution is 2.09. The Morgan fingerprint density at radius 1 is 0.929 bits per heavy atom. The van der Waals surface area contributed by atoms with E-state index in [2.05, 4.69) is 19.2 Å². The van der Waals surface area contributed by atoms with E-state index in [-0.39, 0.29) is 0 Å². The lowest BCUT2D eigenvalue weighted by Gasteiger charge is -2.20. The molecule has 0 saturated carbocycles. The SMILES string of the molecule is CC(C)CCC(O)C(O)CNC(C)C. The minimum atomic E-state index is -0.642. The summed E-state index contributed by atoms with van der Waals surface area (Å²) in [5, 5.41) is 22.3. The van der Waals surface area contributed by atoms with Gasteiger partial charge in [0.15, 0.2) is 0 Å². The average molecular weight is 203 g/mol. The van der Waals surface area contributed by atoms with Crippen molar-refractivity contribution < 1.29 is 10.2 Å². The summed E-state index contributed by atoms with van der Waals surface area (Å²) in [5.74, 6) is 0.579. The van der Waals surface area contributed by atoms with E-state index in [1.807, 2.05) is 13.8 Å². The Balaban J connectivity index is 3.59. The van der Waals surface area contributed by atoms with Gasteiger partial charge in [0.1, 0.15) is 0 Å². The van der Waals surface area contributed by atoms with E-state index in [0.29, 0.717) is 24.9 Å². The maximum Gasteiger partial charge on any atom is 0.0923 e. The van der Waals surface area contributed by atoms with Gasteiger partial charge in [-0.2, -0.15) is 0 Å². The lowest BCUT2D eigenvalue weighted by Crippen LogP contribution is -2.39. The van der Waals surface area contributed by atoms with E-state index in [4.69, 9.17) is 0 Å². The van der Waals surface area contributed by atoms with Crippen molar-refractivity contribution in [2.24, 2.45) is 5.92 Å². The fourth-order valence-electron chi connectivity index (χ4n) is 1.19. The Morgan fingerprint density at radius 2 is 1.50 bits per heavy atom. The number of aliphatic hydroxyl groups excluding tert-OH is 2. The van der Waals surface area contributed by atoms with Crippen molar-refractivity contribution >= 4 is 0 Å². The third kappa shape index (κ3) is 7.30. The van der Waals surface area contributed by atoms with E-state index in [1.165, 1.54) is 0 Å². The van der Waals surface area contributed by atoms with Gasteiger partial charge in [0.05, 0.1) is 12.2 Å². The van der Waals surface area contributed by atoms with Crippen LogP contribution in [0.4, 0.5) is 0 Å². The first-order valence-electron chi connectivity index (χ1n) is 5.53. The van der Waals surface area contributed by atoms with Crippen LogP contribution >= 0.6 is 0 Å². The summed E-state index contributed by atoms with van der Waals surface area (Å²) in [4.78, 5) is 0. The quantitative estimate of drug-likeness (QED) is 0.581. The van der Waals surface area contributed by atoms with Crippen molar-refractivity contribution in [1.82, 2.24) is 5.32 Å². The first-order chi connectivity index (χ1) is 6.43. The number of hydrogen-bond donors (Lipinski definition) is 3. The third-order valence-electron chi connectivity index (χ3n) is 2.22. The molecule has 0 radical (unpaired) electrons. The second-order valence-corrected chi connectivity index (χ2v) is 4.67. The predicted molar refractivity (Wildman–Crippen MR) is 59.2 cm³/mol. The zero-order valence-corrected chi connectivity index (χ0v) is 9.83. The molecule has 0 aromatic heterocycles. The minimum Gasteiger partial charge on any atom is -0.390 e. The molecule has 0 spiro atoms. The fourth-order valence-corrected chi connectivity index (χ4v) is 1.19. The highest BCUT2D eigenvalue weighted by Gasteiger charge is 2.16. The molecule has 86 valence electrons. The van der Waals surface area contributed by atoms with Crippen LogP contribution in [0.1, 0.15) is 40.5 Å². The molecule has 3 nitrogen and oxygen atoms in total.